The van der Waals surface area contributed by atoms with Crippen molar-refractivity contribution in [2.75, 3.05) is 34.0 Å². The van der Waals surface area contributed by atoms with Crippen LogP contribution in [0.4, 0.5) is 0 Å². The van der Waals surface area contributed by atoms with Crippen molar-refractivity contribution in [2.24, 2.45) is 4.99 Å². The van der Waals surface area contributed by atoms with Crippen LogP contribution in [0, 0.1) is 0 Å². The second-order valence-corrected chi connectivity index (χ2v) is 7.77. The lowest BCUT2D eigenvalue weighted by atomic mass is 10.2. The van der Waals surface area contributed by atoms with Gasteiger partial charge in [-0.25, -0.2) is 0 Å². The van der Waals surface area contributed by atoms with Crippen molar-refractivity contribution in [1.82, 2.24) is 4.57 Å². The zero-order chi connectivity index (χ0) is 22.7. The summed E-state index contributed by atoms with van der Waals surface area (Å²) in [5.41, 5.74) is 0.995. The minimum Gasteiger partial charge on any atom is -0.497 e. The van der Waals surface area contributed by atoms with Crippen molar-refractivity contribution in [2.45, 2.75) is 13.5 Å². The summed E-state index contributed by atoms with van der Waals surface area (Å²) in [4.78, 5) is 29.9. The maximum absolute atomic E-state index is 13.0. The maximum Gasteiger partial charge on any atom is 0.326 e. The number of amides is 1. The molecule has 10 heteroatoms. The molecule has 9 nitrogen and oxygen atoms in total. The average molecular weight is 458 g/mol. The number of carbonyl (C=O) groups excluding carboxylic acids is 2. The van der Waals surface area contributed by atoms with Crippen molar-refractivity contribution in [3.05, 3.63) is 40.7 Å². The van der Waals surface area contributed by atoms with Crippen molar-refractivity contribution in [3.63, 3.8) is 0 Å². The lowest BCUT2D eigenvalue weighted by Crippen LogP contribution is -2.23. The van der Waals surface area contributed by atoms with Gasteiger partial charge in [0.1, 0.15) is 31.3 Å². The van der Waals surface area contributed by atoms with Gasteiger partial charge in [0.15, 0.2) is 16.3 Å². The first-order chi connectivity index (χ1) is 15.5. The van der Waals surface area contributed by atoms with Crippen molar-refractivity contribution >= 4 is 33.4 Å². The largest absolute Gasteiger partial charge is 0.497 e. The number of rotatable bonds is 6. The second-order valence-electron chi connectivity index (χ2n) is 6.76. The second kappa shape index (κ2) is 9.31. The summed E-state index contributed by atoms with van der Waals surface area (Å²) in [5.74, 6) is 1.21. The van der Waals surface area contributed by atoms with E-state index < -0.39 is 11.9 Å². The van der Waals surface area contributed by atoms with Crippen LogP contribution in [0.5, 0.6) is 23.0 Å². The minimum absolute atomic E-state index is 0.0962. The molecule has 3 aromatic rings. The molecule has 0 N–H and O–H groups in total. The Morgan fingerprint density at radius 3 is 2.31 bits per heavy atom. The van der Waals surface area contributed by atoms with Gasteiger partial charge in [0.25, 0.3) is 5.91 Å². The Morgan fingerprint density at radius 2 is 1.69 bits per heavy atom. The molecule has 0 bridgehead atoms. The van der Waals surface area contributed by atoms with Crippen LogP contribution < -0.4 is 23.7 Å². The van der Waals surface area contributed by atoms with E-state index >= 15 is 0 Å². The summed E-state index contributed by atoms with van der Waals surface area (Å²) >= 11 is 1.27. The molecule has 0 saturated carbocycles. The molecule has 0 aliphatic carbocycles. The molecule has 2 heterocycles. The first-order valence-corrected chi connectivity index (χ1v) is 10.7. The highest BCUT2D eigenvalue weighted by molar-refractivity contribution is 7.16. The van der Waals surface area contributed by atoms with Crippen LogP contribution in [0.1, 0.15) is 17.3 Å². The van der Waals surface area contributed by atoms with E-state index in [1.165, 1.54) is 25.6 Å². The van der Waals surface area contributed by atoms with Gasteiger partial charge in [0.05, 0.1) is 31.0 Å². The Hall–Kier alpha value is -3.53. The topological polar surface area (TPSA) is 97.6 Å². The number of thiazole rings is 1. The molecule has 0 unspecified atom stereocenters. The molecular formula is C22H22N2O7S. The molecular weight excluding hydrogens is 436 g/mol. The fourth-order valence-corrected chi connectivity index (χ4v) is 4.30. The third-order valence-electron chi connectivity index (χ3n) is 4.73. The van der Waals surface area contributed by atoms with Crippen molar-refractivity contribution in [3.8, 4) is 23.0 Å². The first-order valence-electron chi connectivity index (χ1n) is 9.93. The predicted molar refractivity (Wildman–Crippen MR) is 117 cm³/mol. The van der Waals surface area contributed by atoms with Gasteiger partial charge in [-0.05, 0) is 19.1 Å². The van der Waals surface area contributed by atoms with E-state index in [1.54, 1.807) is 35.8 Å². The van der Waals surface area contributed by atoms with Crippen LogP contribution in [0.25, 0.3) is 10.2 Å². The van der Waals surface area contributed by atoms with E-state index in [9.17, 15) is 9.59 Å². The summed E-state index contributed by atoms with van der Waals surface area (Å²) in [5, 5.41) is 0. The molecule has 0 atom stereocenters. The highest BCUT2D eigenvalue weighted by atomic mass is 32.1. The van der Waals surface area contributed by atoms with E-state index in [0.29, 0.717) is 52.1 Å². The van der Waals surface area contributed by atoms with Gasteiger partial charge in [-0.2, -0.15) is 4.99 Å². The van der Waals surface area contributed by atoms with Gasteiger partial charge in [0, 0.05) is 23.8 Å². The Balaban J connectivity index is 1.83. The van der Waals surface area contributed by atoms with Crippen LogP contribution >= 0.6 is 11.3 Å². The van der Waals surface area contributed by atoms with E-state index in [-0.39, 0.29) is 13.2 Å². The maximum atomic E-state index is 13.0. The number of carbonyl (C=O) groups is 2. The molecule has 1 amide bonds. The molecule has 1 aromatic heterocycles. The number of methoxy groups -OCH3 is 2. The van der Waals surface area contributed by atoms with E-state index in [1.807, 2.05) is 6.07 Å². The third-order valence-corrected chi connectivity index (χ3v) is 5.78. The quantitative estimate of drug-likeness (QED) is 0.524. The molecule has 0 spiro atoms. The number of benzene rings is 2. The summed E-state index contributed by atoms with van der Waals surface area (Å²) in [6, 6.07) is 8.45. The highest BCUT2D eigenvalue weighted by Crippen LogP contribution is 2.35. The minimum atomic E-state index is -0.497. The smallest absolute Gasteiger partial charge is 0.326 e. The third kappa shape index (κ3) is 4.40. The number of nitrogens with zero attached hydrogens (tertiary/aromatic N) is 2. The summed E-state index contributed by atoms with van der Waals surface area (Å²) < 4.78 is 29.4. The molecule has 4 rings (SSSR count). The zero-order valence-corrected chi connectivity index (χ0v) is 18.7. The van der Waals surface area contributed by atoms with Crippen LogP contribution in [0.15, 0.2) is 35.3 Å². The van der Waals surface area contributed by atoms with Gasteiger partial charge in [-0.3, -0.25) is 9.59 Å². The van der Waals surface area contributed by atoms with E-state index in [2.05, 4.69) is 4.99 Å². The number of fused-ring (bicyclic) bond motifs is 2. The molecule has 1 aliphatic heterocycles. The monoisotopic (exact) mass is 458 g/mol. The van der Waals surface area contributed by atoms with Crippen LogP contribution in [0.3, 0.4) is 0 Å². The standard InChI is InChI=1S/C22H22N2O7S/c1-4-29-20(25)12-24-16-10-17-18(31-6-5-30-17)11-19(16)32-22(24)23-21(26)13-7-14(27-2)9-15(8-13)28-3/h7-11H,4-6,12H2,1-3H3. The summed E-state index contributed by atoms with van der Waals surface area (Å²) in [6.45, 7) is 2.79. The fraction of sp³-hybridized carbons (Fsp3) is 0.318. The molecule has 168 valence electrons. The summed E-state index contributed by atoms with van der Waals surface area (Å²) in [6.07, 6.45) is 0. The predicted octanol–water partition coefficient (Wildman–Crippen LogP) is 2.80. The number of hydrogen-bond acceptors (Lipinski definition) is 8. The average Bonchev–Trinajstić information content (AvgIpc) is 3.12. The van der Waals surface area contributed by atoms with Crippen LogP contribution in [-0.4, -0.2) is 50.5 Å². The zero-order valence-electron chi connectivity index (χ0n) is 17.9. The number of hydrogen-bond donors (Lipinski definition) is 0. The van der Waals surface area contributed by atoms with E-state index in [0.717, 1.165) is 4.70 Å². The number of esters is 1. The highest BCUT2D eigenvalue weighted by Gasteiger charge is 2.19. The lowest BCUT2D eigenvalue weighted by Gasteiger charge is -2.18. The molecule has 1 aliphatic rings. The van der Waals surface area contributed by atoms with Gasteiger partial charge < -0.3 is 28.3 Å². The molecule has 0 radical (unpaired) electrons. The normalized spacial score (nSPS) is 13.2. The molecule has 0 fully saturated rings. The Kier molecular flexibility index (Phi) is 6.31. The summed E-state index contributed by atoms with van der Waals surface area (Å²) in [7, 11) is 3.01. The first kappa shape index (κ1) is 21.7. The Bertz CT molecular complexity index is 1220. The van der Waals surface area contributed by atoms with Crippen LogP contribution in [0.2, 0.25) is 0 Å². The molecule has 32 heavy (non-hydrogen) atoms. The number of aromatic nitrogens is 1. The van der Waals surface area contributed by atoms with Crippen molar-refractivity contribution in [1.29, 1.82) is 0 Å². The molecule has 0 saturated heterocycles. The number of ether oxygens (including phenoxy) is 5. The SMILES string of the molecule is CCOC(=O)Cn1c(=NC(=O)c2cc(OC)cc(OC)c2)sc2cc3c(cc21)OCCO3. The lowest BCUT2D eigenvalue weighted by molar-refractivity contribution is -0.143. The van der Waals surface area contributed by atoms with Gasteiger partial charge >= 0.3 is 5.97 Å². The van der Waals surface area contributed by atoms with Crippen molar-refractivity contribution < 1.29 is 33.3 Å². The van der Waals surface area contributed by atoms with Gasteiger partial charge in [-0.15, -0.1) is 0 Å². The van der Waals surface area contributed by atoms with Gasteiger partial charge in [0.2, 0.25) is 0 Å². The fourth-order valence-electron chi connectivity index (χ4n) is 3.26. The Morgan fingerprint density at radius 1 is 1.03 bits per heavy atom. The van der Waals surface area contributed by atoms with Gasteiger partial charge in [-0.1, -0.05) is 11.3 Å². The molecule has 2 aromatic carbocycles. The Labute approximate surface area is 187 Å². The van der Waals surface area contributed by atoms with E-state index in [4.69, 9.17) is 23.7 Å². The van der Waals surface area contributed by atoms with Crippen LogP contribution in [-0.2, 0) is 16.1 Å².